The minimum atomic E-state index is -0.800. The number of carbonyl (C=O) groups excluding carboxylic acids is 1. The van der Waals surface area contributed by atoms with E-state index in [9.17, 15) is 9.59 Å². The van der Waals surface area contributed by atoms with Crippen molar-refractivity contribution in [1.29, 1.82) is 0 Å². The Morgan fingerprint density at radius 1 is 1.16 bits per heavy atom. The summed E-state index contributed by atoms with van der Waals surface area (Å²) in [5, 5.41) is 11.3. The Bertz CT molecular complexity index is 427. The van der Waals surface area contributed by atoms with E-state index in [1.807, 2.05) is 31.1 Å². The summed E-state index contributed by atoms with van der Waals surface area (Å²) in [5.74, 6) is -0.925. The highest BCUT2D eigenvalue weighted by Gasteiger charge is 2.05. The lowest BCUT2D eigenvalue weighted by Crippen LogP contribution is -2.24. The molecule has 1 amide bonds. The summed E-state index contributed by atoms with van der Waals surface area (Å²) < 4.78 is 0. The quantitative estimate of drug-likeness (QED) is 0.736. The van der Waals surface area contributed by atoms with Gasteiger partial charge in [-0.3, -0.25) is 9.59 Å². The number of anilines is 1. The fourth-order valence-corrected chi connectivity index (χ4v) is 1.62. The summed E-state index contributed by atoms with van der Waals surface area (Å²) in [6.07, 6.45) is 1.40. The Morgan fingerprint density at radius 2 is 1.79 bits per heavy atom. The van der Waals surface area contributed by atoms with Gasteiger partial charge in [0.05, 0.1) is 0 Å². The standard InChI is InChI=1S/C14H20N2O3/c1-16(2)12-8-6-11(7-9-12)14(19)15-10-4-3-5-13(17)18/h6-9H,3-5,10H2,1-2H3,(H,15,19)(H,17,18). The van der Waals surface area contributed by atoms with Crippen molar-refractivity contribution in [3.05, 3.63) is 29.8 Å². The maximum Gasteiger partial charge on any atom is 0.303 e. The van der Waals surface area contributed by atoms with E-state index < -0.39 is 5.97 Å². The van der Waals surface area contributed by atoms with Gasteiger partial charge in [-0.25, -0.2) is 0 Å². The fraction of sp³-hybridized carbons (Fsp3) is 0.429. The predicted octanol–water partition coefficient (Wildman–Crippen LogP) is 1.74. The molecule has 0 aromatic heterocycles. The molecule has 0 saturated carbocycles. The van der Waals surface area contributed by atoms with Gasteiger partial charge < -0.3 is 15.3 Å². The topological polar surface area (TPSA) is 69.6 Å². The van der Waals surface area contributed by atoms with Gasteiger partial charge in [-0.1, -0.05) is 0 Å². The molecule has 0 spiro atoms. The number of nitrogens with one attached hydrogen (secondary N) is 1. The number of unbranched alkanes of at least 4 members (excludes halogenated alkanes) is 1. The maximum atomic E-state index is 11.8. The number of rotatable bonds is 7. The minimum absolute atomic E-state index is 0.124. The summed E-state index contributed by atoms with van der Waals surface area (Å²) in [7, 11) is 3.88. The molecule has 0 fully saturated rings. The van der Waals surface area contributed by atoms with Crippen LogP contribution in [0.1, 0.15) is 29.6 Å². The molecule has 104 valence electrons. The van der Waals surface area contributed by atoms with Crippen LogP contribution in [0.15, 0.2) is 24.3 Å². The van der Waals surface area contributed by atoms with Crippen LogP contribution in [-0.2, 0) is 4.79 Å². The molecule has 0 aliphatic rings. The number of carboxylic acids is 1. The third-order valence-corrected chi connectivity index (χ3v) is 2.75. The van der Waals surface area contributed by atoms with E-state index in [-0.39, 0.29) is 12.3 Å². The van der Waals surface area contributed by atoms with Gasteiger partial charge in [0.25, 0.3) is 5.91 Å². The molecule has 0 aliphatic carbocycles. The van der Waals surface area contributed by atoms with Gasteiger partial charge in [0.2, 0.25) is 0 Å². The molecule has 0 radical (unpaired) electrons. The lowest BCUT2D eigenvalue weighted by Gasteiger charge is -2.12. The van der Waals surface area contributed by atoms with E-state index >= 15 is 0 Å². The van der Waals surface area contributed by atoms with E-state index in [4.69, 9.17) is 5.11 Å². The molecule has 1 aromatic carbocycles. The molecule has 0 aliphatic heterocycles. The maximum absolute atomic E-state index is 11.8. The van der Waals surface area contributed by atoms with Gasteiger partial charge in [0.1, 0.15) is 0 Å². The molecule has 5 heteroatoms. The molecule has 0 bridgehead atoms. The van der Waals surface area contributed by atoms with Crippen LogP contribution in [0, 0.1) is 0 Å². The van der Waals surface area contributed by atoms with Crippen molar-refractivity contribution < 1.29 is 14.7 Å². The van der Waals surface area contributed by atoms with Gasteiger partial charge in [0.15, 0.2) is 0 Å². The number of carboxylic acid groups (broad SMARTS) is 1. The number of hydrogen-bond donors (Lipinski definition) is 2. The minimum Gasteiger partial charge on any atom is -0.481 e. The van der Waals surface area contributed by atoms with Gasteiger partial charge in [-0.15, -0.1) is 0 Å². The molecule has 0 unspecified atom stereocenters. The van der Waals surface area contributed by atoms with E-state index in [2.05, 4.69) is 5.32 Å². The first kappa shape index (κ1) is 15.0. The second-order valence-electron chi connectivity index (χ2n) is 4.55. The third kappa shape index (κ3) is 5.42. The van der Waals surface area contributed by atoms with Crippen molar-refractivity contribution in [1.82, 2.24) is 5.32 Å². The highest BCUT2D eigenvalue weighted by Crippen LogP contribution is 2.12. The smallest absolute Gasteiger partial charge is 0.303 e. The van der Waals surface area contributed by atoms with Crippen LogP contribution in [0.5, 0.6) is 0 Å². The van der Waals surface area contributed by atoms with Crippen LogP contribution < -0.4 is 10.2 Å². The first-order chi connectivity index (χ1) is 9.00. The zero-order chi connectivity index (χ0) is 14.3. The second-order valence-corrected chi connectivity index (χ2v) is 4.55. The summed E-state index contributed by atoms with van der Waals surface area (Å²) in [6.45, 7) is 0.502. The predicted molar refractivity (Wildman–Crippen MR) is 74.6 cm³/mol. The Labute approximate surface area is 113 Å². The van der Waals surface area contributed by atoms with Crippen molar-refractivity contribution in [3.8, 4) is 0 Å². The van der Waals surface area contributed by atoms with Crippen LogP contribution in [0.3, 0.4) is 0 Å². The zero-order valence-corrected chi connectivity index (χ0v) is 11.3. The highest BCUT2D eigenvalue weighted by molar-refractivity contribution is 5.94. The number of amides is 1. The van der Waals surface area contributed by atoms with Crippen molar-refractivity contribution in [2.45, 2.75) is 19.3 Å². The fourth-order valence-electron chi connectivity index (χ4n) is 1.62. The number of nitrogens with zero attached hydrogens (tertiary/aromatic N) is 1. The van der Waals surface area contributed by atoms with E-state index in [1.54, 1.807) is 12.1 Å². The normalized spacial score (nSPS) is 10.0. The molecule has 2 N–H and O–H groups in total. The molecule has 1 aromatic rings. The van der Waals surface area contributed by atoms with Crippen molar-refractivity contribution in [2.75, 3.05) is 25.5 Å². The molecular formula is C14H20N2O3. The summed E-state index contributed by atoms with van der Waals surface area (Å²) in [4.78, 5) is 24.1. The van der Waals surface area contributed by atoms with Gasteiger partial charge in [-0.05, 0) is 37.1 Å². The Morgan fingerprint density at radius 3 is 2.32 bits per heavy atom. The Hall–Kier alpha value is -2.04. The van der Waals surface area contributed by atoms with Gasteiger partial charge >= 0.3 is 5.97 Å². The van der Waals surface area contributed by atoms with Crippen LogP contribution in [-0.4, -0.2) is 37.6 Å². The third-order valence-electron chi connectivity index (χ3n) is 2.75. The van der Waals surface area contributed by atoms with Crippen molar-refractivity contribution in [3.63, 3.8) is 0 Å². The number of benzene rings is 1. The Kier molecular flexibility index (Phi) is 5.85. The lowest BCUT2D eigenvalue weighted by atomic mass is 10.2. The van der Waals surface area contributed by atoms with Crippen LogP contribution >= 0.6 is 0 Å². The lowest BCUT2D eigenvalue weighted by molar-refractivity contribution is -0.137. The van der Waals surface area contributed by atoms with E-state index in [1.165, 1.54) is 0 Å². The van der Waals surface area contributed by atoms with Crippen LogP contribution in [0.25, 0.3) is 0 Å². The highest BCUT2D eigenvalue weighted by atomic mass is 16.4. The average Bonchev–Trinajstić information content (AvgIpc) is 2.37. The summed E-state index contributed by atoms with van der Waals surface area (Å²) in [6, 6.07) is 7.34. The van der Waals surface area contributed by atoms with Gasteiger partial charge in [0, 0.05) is 38.3 Å². The van der Waals surface area contributed by atoms with Crippen molar-refractivity contribution in [2.24, 2.45) is 0 Å². The summed E-state index contributed by atoms with van der Waals surface area (Å²) >= 11 is 0. The zero-order valence-electron chi connectivity index (χ0n) is 11.3. The van der Waals surface area contributed by atoms with Crippen molar-refractivity contribution >= 4 is 17.6 Å². The largest absolute Gasteiger partial charge is 0.481 e. The number of aliphatic carboxylic acids is 1. The molecule has 19 heavy (non-hydrogen) atoms. The average molecular weight is 264 g/mol. The first-order valence-corrected chi connectivity index (χ1v) is 6.28. The number of hydrogen-bond acceptors (Lipinski definition) is 3. The Balaban J connectivity index is 2.35. The molecule has 1 rings (SSSR count). The first-order valence-electron chi connectivity index (χ1n) is 6.28. The monoisotopic (exact) mass is 264 g/mol. The van der Waals surface area contributed by atoms with Crippen LogP contribution in [0.2, 0.25) is 0 Å². The molecule has 0 atom stereocenters. The van der Waals surface area contributed by atoms with Gasteiger partial charge in [-0.2, -0.15) is 0 Å². The summed E-state index contributed by atoms with van der Waals surface area (Å²) in [5.41, 5.74) is 1.65. The molecular weight excluding hydrogens is 244 g/mol. The molecule has 0 heterocycles. The molecule has 5 nitrogen and oxygen atoms in total. The number of carbonyl (C=O) groups is 2. The SMILES string of the molecule is CN(C)c1ccc(C(=O)NCCCCC(=O)O)cc1. The molecule has 0 saturated heterocycles. The second kappa shape index (κ2) is 7.41. The van der Waals surface area contributed by atoms with E-state index in [0.29, 0.717) is 24.9 Å². The van der Waals surface area contributed by atoms with Crippen LogP contribution in [0.4, 0.5) is 5.69 Å². The van der Waals surface area contributed by atoms with E-state index in [0.717, 1.165) is 5.69 Å².